The minimum absolute atomic E-state index is 0.296. The maximum absolute atomic E-state index is 11.9. The van der Waals surface area contributed by atoms with Crippen LogP contribution in [0.4, 0.5) is 0 Å². The number of amides is 1. The molecule has 1 N–H and O–H groups in total. The van der Waals surface area contributed by atoms with E-state index in [1.165, 1.54) is 6.08 Å². The number of rotatable bonds is 9. The van der Waals surface area contributed by atoms with Crippen molar-refractivity contribution in [2.24, 2.45) is 0 Å². The SMILES string of the molecule is CCOC(=O)C(CSCSC)NC(=O)/C=C/c1cccnc1. The van der Waals surface area contributed by atoms with Crippen LogP contribution in [-0.2, 0) is 14.3 Å². The number of hydrogen-bond acceptors (Lipinski definition) is 6. The molecule has 7 heteroatoms. The predicted octanol–water partition coefficient (Wildman–Crippen LogP) is 2.20. The number of nitrogens with zero attached hydrogens (tertiary/aromatic N) is 1. The number of carbonyl (C=O) groups excluding carboxylic acids is 2. The highest BCUT2D eigenvalue weighted by Gasteiger charge is 2.20. The molecule has 1 aromatic heterocycles. The number of esters is 1. The standard InChI is InChI=1S/C15H20N2O3S2/c1-3-20-15(19)13(10-22-11-21-2)17-14(18)7-6-12-5-4-8-16-9-12/h4-9,13H,3,10-11H2,1-2H3,(H,17,18)/b7-6+. The Kier molecular flexibility index (Phi) is 9.41. The molecule has 1 unspecified atom stereocenters. The molecule has 0 aliphatic rings. The molecule has 120 valence electrons. The first kappa shape index (κ1) is 18.6. The molecular weight excluding hydrogens is 320 g/mol. The van der Waals surface area contributed by atoms with Crippen molar-refractivity contribution in [3.63, 3.8) is 0 Å². The normalized spacial score (nSPS) is 12.1. The summed E-state index contributed by atoms with van der Waals surface area (Å²) >= 11 is 3.26. The quantitative estimate of drug-likeness (QED) is 0.322. The Hall–Kier alpha value is -1.47. The summed E-state index contributed by atoms with van der Waals surface area (Å²) in [7, 11) is 0. The van der Waals surface area contributed by atoms with E-state index in [1.54, 1.807) is 55.0 Å². The topological polar surface area (TPSA) is 68.3 Å². The van der Waals surface area contributed by atoms with Gasteiger partial charge in [0.05, 0.1) is 6.61 Å². The largest absolute Gasteiger partial charge is 0.464 e. The third kappa shape index (κ3) is 7.51. The van der Waals surface area contributed by atoms with Crippen molar-refractivity contribution in [1.29, 1.82) is 0 Å². The van der Waals surface area contributed by atoms with Crippen LogP contribution in [0.15, 0.2) is 30.6 Å². The molecule has 0 saturated carbocycles. The third-order valence-corrected chi connectivity index (χ3v) is 4.66. The molecule has 0 radical (unpaired) electrons. The van der Waals surface area contributed by atoms with Crippen LogP contribution in [0.2, 0.25) is 0 Å². The van der Waals surface area contributed by atoms with Crippen LogP contribution >= 0.6 is 23.5 Å². The van der Waals surface area contributed by atoms with Crippen molar-refractivity contribution >= 4 is 41.5 Å². The fraction of sp³-hybridized carbons (Fsp3) is 0.400. The smallest absolute Gasteiger partial charge is 0.329 e. The molecule has 5 nitrogen and oxygen atoms in total. The Morgan fingerprint density at radius 3 is 2.95 bits per heavy atom. The summed E-state index contributed by atoms with van der Waals surface area (Å²) < 4.78 is 4.99. The van der Waals surface area contributed by atoms with Crippen LogP contribution in [0, 0.1) is 0 Å². The number of pyridine rings is 1. The molecule has 0 fully saturated rings. The zero-order chi connectivity index (χ0) is 16.2. The fourth-order valence-corrected chi connectivity index (χ4v) is 3.03. The van der Waals surface area contributed by atoms with Crippen molar-refractivity contribution < 1.29 is 14.3 Å². The Balaban J connectivity index is 2.57. The summed E-state index contributed by atoms with van der Waals surface area (Å²) in [5.41, 5.74) is 0.821. The second-order valence-corrected chi connectivity index (χ2v) is 6.47. The molecule has 1 amide bonds. The number of hydrogen-bond donors (Lipinski definition) is 1. The maximum atomic E-state index is 11.9. The lowest BCUT2D eigenvalue weighted by molar-refractivity contribution is -0.146. The van der Waals surface area contributed by atoms with E-state index in [0.29, 0.717) is 12.4 Å². The van der Waals surface area contributed by atoms with Crippen molar-refractivity contribution in [3.8, 4) is 0 Å². The highest BCUT2D eigenvalue weighted by molar-refractivity contribution is 8.15. The van der Waals surface area contributed by atoms with Gasteiger partial charge in [-0.25, -0.2) is 4.79 Å². The molecule has 22 heavy (non-hydrogen) atoms. The van der Waals surface area contributed by atoms with Crippen molar-refractivity contribution in [2.45, 2.75) is 13.0 Å². The number of thioether (sulfide) groups is 2. The zero-order valence-corrected chi connectivity index (χ0v) is 14.3. The highest BCUT2D eigenvalue weighted by Crippen LogP contribution is 2.11. The van der Waals surface area contributed by atoms with Gasteiger partial charge in [0.2, 0.25) is 5.91 Å². The lowest BCUT2D eigenvalue weighted by Crippen LogP contribution is -2.43. The molecule has 0 aromatic carbocycles. The van der Waals surface area contributed by atoms with Crippen LogP contribution in [0.3, 0.4) is 0 Å². The summed E-state index contributed by atoms with van der Waals surface area (Å²) in [6.45, 7) is 2.04. The van der Waals surface area contributed by atoms with E-state index in [9.17, 15) is 9.59 Å². The van der Waals surface area contributed by atoms with Gasteiger partial charge in [-0.15, -0.1) is 11.8 Å². The monoisotopic (exact) mass is 340 g/mol. The molecule has 1 rings (SSSR count). The number of aromatic nitrogens is 1. The molecule has 1 aromatic rings. The predicted molar refractivity (Wildman–Crippen MR) is 92.7 cm³/mol. The molecule has 0 aliphatic carbocycles. The minimum Gasteiger partial charge on any atom is -0.464 e. The van der Waals surface area contributed by atoms with Gasteiger partial charge in [0.25, 0.3) is 0 Å². The van der Waals surface area contributed by atoms with E-state index in [-0.39, 0.29) is 5.91 Å². The number of ether oxygens (including phenoxy) is 1. The van der Waals surface area contributed by atoms with Crippen molar-refractivity contribution in [1.82, 2.24) is 10.3 Å². The van der Waals surface area contributed by atoms with Gasteiger partial charge in [0, 0.05) is 29.3 Å². The Labute approximate surface area is 139 Å². The van der Waals surface area contributed by atoms with Gasteiger partial charge in [-0.1, -0.05) is 6.07 Å². The summed E-state index contributed by atoms with van der Waals surface area (Å²) in [5, 5.41) is 3.54. The van der Waals surface area contributed by atoms with Crippen LogP contribution in [0.5, 0.6) is 0 Å². The van der Waals surface area contributed by atoms with E-state index in [4.69, 9.17) is 4.74 Å². The first-order valence-corrected chi connectivity index (χ1v) is 9.34. The number of carbonyl (C=O) groups is 2. The van der Waals surface area contributed by atoms with E-state index < -0.39 is 12.0 Å². The second kappa shape index (κ2) is 11.1. The zero-order valence-electron chi connectivity index (χ0n) is 12.7. The van der Waals surface area contributed by atoms with Crippen LogP contribution in [0.25, 0.3) is 6.08 Å². The Bertz CT molecular complexity index is 495. The lowest BCUT2D eigenvalue weighted by Gasteiger charge is -2.15. The first-order chi connectivity index (χ1) is 10.7. The van der Waals surface area contributed by atoms with Gasteiger partial charge < -0.3 is 10.1 Å². The van der Waals surface area contributed by atoms with Crippen molar-refractivity contribution in [3.05, 3.63) is 36.2 Å². The molecule has 1 heterocycles. The van der Waals surface area contributed by atoms with Gasteiger partial charge in [0.15, 0.2) is 0 Å². The average molecular weight is 340 g/mol. The Morgan fingerprint density at radius 2 is 2.32 bits per heavy atom. The molecular formula is C15H20N2O3S2. The van der Waals surface area contributed by atoms with Gasteiger partial charge in [-0.05, 0) is 30.9 Å². The molecule has 0 spiro atoms. The second-order valence-electron chi connectivity index (χ2n) is 4.21. The van der Waals surface area contributed by atoms with Crippen LogP contribution in [-0.4, -0.2) is 46.6 Å². The molecule has 1 atom stereocenters. The fourth-order valence-electron chi connectivity index (χ4n) is 1.53. The van der Waals surface area contributed by atoms with E-state index in [1.807, 2.05) is 12.3 Å². The van der Waals surface area contributed by atoms with Gasteiger partial charge in [-0.3, -0.25) is 9.78 Å². The van der Waals surface area contributed by atoms with Crippen LogP contribution < -0.4 is 5.32 Å². The minimum atomic E-state index is -0.636. The summed E-state index contributed by atoms with van der Waals surface area (Å²) in [6.07, 6.45) is 8.35. The van der Waals surface area contributed by atoms with Gasteiger partial charge >= 0.3 is 5.97 Å². The summed E-state index contributed by atoms with van der Waals surface area (Å²) in [4.78, 5) is 27.7. The number of nitrogens with one attached hydrogen (secondary N) is 1. The summed E-state index contributed by atoms with van der Waals surface area (Å²) in [6, 6.07) is 2.99. The summed E-state index contributed by atoms with van der Waals surface area (Å²) in [5.74, 6) is -0.238. The molecule has 0 bridgehead atoms. The molecule has 0 aliphatic heterocycles. The van der Waals surface area contributed by atoms with Crippen molar-refractivity contribution in [2.75, 3.05) is 23.7 Å². The average Bonchev–Trinajstić information content (AvgIpc) is 2.53. The molecule has 0 saturated heterocycles. The van der Waals surface area contributed by atoms with Gasteiger partial charge in [-0.2, -0.15) is 11.8 Å². The first-order valence-electron chi connectivity index (χ1n) is 6.79. The Morgan fingerprint density at radius 1 is 1.50 bits per heavy atom. The third-order valence-electron chi connectivity index (χ3n) is 2.48. The van der Waals surface area contributed by atoms with E-state index >= 15 is 0 Å². The maximum Gasteiger partial charge on any atom is 0.329 e. The van der Waals surface area contributed by atoms with E-state index in [0.717, 1.165) is 10.6 Å². The van der Waals surface area contributed by atoms with E-state index in [2.05, 4.69) is 10.3 Å². The van der Waals surface area contributed by atoms with Gasteiger partial charge in [0.1, 0.15) is 6.04 Å². The van der Waals surface area contributed by atoms with Crippen LogP contribution in [0.1, 0.15) is 12.5 Å². The lowest BCUT2D eigenvalue weighted by atomic mass is 10.2. The highest BCUT2D eigenvalue weighted by atomic mass is 32.2.